The number of nitrogens with one attached hydrogen (secondary N) is 1. The Bertz CT molecular complexity index is 2200. The van der Waals surface area contributed by atoms with E-state index in [2.05, 4.69) is 4.98 Å². The molecule has 48 heavy (non-hydrogen) atoms. The third kappa shape index (κ3) is 5.83. The van der Waals surface area contributed by atoms with E-state index in [0.717, 1.165) is 17.5 Å². The van der Waals surface area contributed by atoms with E-state index in [1.807, 2.05) is 24.3 Å². The number of ether oxygens (including phenoxy) is 3. The van der Waals surface area contributed by atoms with Crippen molar-refractivity contribution < 1.29 is 37.3 Å². The smallest absolute Gasteiger partial charge is 0.416 e. The highest BCUT2D eigenvalue weighted by atomic mass is 19.4. The zero-order chi connectivity index (χ0) is 34.2. The van der Waals surface area contributed by atoms with Crippen LogP contribution in [0.3, 0.4) is 0 Å². The van der Waals surface area contributed by atoms with Gasteiger partial charge in [-0.25, -0.2) is 4.79 Å². The predicted molar refractivity (Wildman–Crippen MR) is 175 cm³/mol. The maximum atomic E-state index is 14.0. The largest absolute Gasteiger partial charge is 0.507 e. The van der Waals surface area contributed by atoms with Crippen molar-refractivity contribution in [3.63, 3.8) is 0 Å². The lowest BCUT2D eigenvalue weighted by Crippen LogP contribution is -2.25. The van der Waals surface area contributed by atoms with Crippen LogP contribution in [0.5, 0.6) is 17.2 Å². The number of fused-ring (bicyclic) bond motifs is 2. The Labute approximate surface area is 272 Å². The van der Waals surface area contributed by atoms with Gasteiger partial charge in [-0.2, -0.15) is 13.2 Å². The van der Waals surface area contributed by atoms with Gasteiger partial charge in [0.2, 0.25) is 0 Å². The molecule has 2 aromatic heterocycles. The molecule has 0 aliphatic heterocycles. The maximum Gasteiger partial charge on any atom is 0.416 e. The van der Waals surface area contributed by atoms with Gasteiger partial charge in [0.1, 0.15) is 5.75 Å². The topological polar surface area (TPSA) is 103 Å². The summed E-state index contributed by atoms with van der Waals surface area (Å²) in [5, 5.41) is 12.8. The number of halogens is 3. The van der Waals surface area contributed by atoms with Crippen LogP contribution in [0.25, 0.3) is 21.8 Å². The highest BCUT2D eigenvalue weighted by molar-refractivity contribution is 5.91. The number of hydrogen-bond donors (Lipinski definition) is 2. The zero-order valence-corrected chi connectivity index (χ0v) is 26.2. The van der Waals surface area contributed by atoms with Crippen molar-refractivity contribution in [3.05, 3.63) is 135 Å². The molecule has 0 amide bonds. The van der Waals surface area contributed by atoms with E-state index in [1.165, 1.54) is 37.0 Å². The molecule has 2 N–H and O–H groups in total. The Morgan fingerprint density at radius 3 is 2.25 bits per heavy atom. The number of aromatic amines is 1. The van der Waals surface area contributed by atoms with Crippen molar-refractivity contribution >= 4 is 27.8 Å². The summed E-state index contributed by atoms with van der Waals surface area (Å²) in [6.45, 7) is -0.0660. The van der Waals surface area contributed by atoms with Gasteiger partial charge in [0.05, 0.1) is 49.0 Å². The first-order chi connectivity index (χ1) is 23.0. The second kappa shape index (κ2) is 12.8. The van der Waals surface area contributed by atoms with E-state index in [4.69, 9.17) is 14.2 Å². The number of H-pyrrole nitrogens is 1. The number of hydrogen-bond acceptors (Lipinski definition) is 6. The molecule has 246 valence electrons. The van der Waals surface area contributed by atoms with E-state index in [-0.39, 0.29) is 29.9 Å². The van der Waals surface area contributed by atoms with Gasteiger partial charge in [-0.15, -0.1) is 0 Å². The number of rotatable bonds is 9. The summed E-state index contributed by atoms with van der Waals surface area (Å²) in [6.07, 6.45) is -4.39. The minimum absolute atomic E-state index is 0.00825. The molecule has 6 aromatic rings. The lowest BCUT2D eigenvalue weighted by atomic mass is 9.84. The first kappa shape index (κ1) is 32.2. The number of carbonyl (C=O) groups excluding carboxylic acids is 1. The third-order valence-corrected chi connectivity index (χ3v) is 8.51. The van der Waals surface area contributed by atoms with Gasteiger partial charge < -0.3 is 28.9 Å². The number of aromatic hydroxyl groups is 1. The van der Waals surface area contributed by atoms with Crippen molar-refractivity contribution in [2.75, 3.05) is 20.8 Å². The van der Waals surface area contributed by atoms with Crippen LogP contribution in [0.2, 0.25) is 0 Å². The van der Waals surface area contributed by atoms with Gasteiger partial charge in [0.15, 0.2) is 11.5 Å². The zero-order valence-electron chi connectivity index (χ0n) is 26.2. The number of alkyl halides is 3. The summed E-state index contributed by atoms with van der Waals surface area (Å²) in [5.74, 6) is -1.07. The molecule has 0 bridgehead atoms. The number of pyridine rings is 1. The Hall–Kier alpha value is -5.71. The lowest BCUT2D eigenvalue weighted by molar-refractivity contribution is -0.137. The number of para-hydroxylation sites is 2. The van der Waals surface area contributed by atoms with Crippen LogP contribution in [0.15, 0.2) is 95.8 Å². The highest BCUT2D eigenvalue weighted by Gasteiger charge is 2.33. The Balaban J connectivity index is 1.47. The van der Waals surface area contributed by atoms with Crippen LogP contribution < -0.4 is 15.0 Å². The quantitative estimate of drug-likeness (QED) is 0.158. The average molecular weight is 657 g/mol. The summed E-state index contributed by atoms with van der Waals surface area (Å²) in [5.41, 5.74) is 1.56. The van der Waals surface area contributed by atoms with Crippen LogP contribution in [0.4, 0.5) is 13.2 Å². The van der Waals surface area contributed by atoms with E-state index in [9.17, 15) is 27.9 Å². The van der Waals surface area contributed by atoms with Gasteiger partial charge in [0.25, 0.3) is 5.56 Å². The minimum Gasteiger partial charge on any atom is -0.507 e. The first-order valence-corrected chi connectivity index (χ1v) is 15.0. The van der Waals surface area contributed by atoms with Crippen LogP contribution >= 0.6 is 0 Å². The van der Waals surface area contributed by atoms with E-state index in [0.29, 0.717) is 44.7 Å². The molecule has 0 aliphatic rings. The van der Waals surface area contributed by atoms with E-state index < -0.39 is 29.2 Å². The maximum absolute atomic E-state index is 14.0. The summed E-state index contributed by atoms with van der Waals surface area (Å²) in [7, 11) is 4.52. The van der Waals surface area contributed by atoms with Gasteiger partial charge in [0, 0.05) is 35.5 Å². The third-order valence-electron chi connectivity index (χ3n) is 8.51. The number of benzene rings is 4. The number of aryl methyl sites for hydroxylation is 1. The summed E-state index contributed by atoms with van der Waals surface area (Å²) < 4.78 is 58.3. The molecule has 2 heterocycles. The molecule has 1 unspecified atom stereocenters. The Morgan fingerprint density at radius 1 is 0.896 bits per heavy atom. The van der Waals surface area contributed by atoms with Gasteiger partial charge in [-0.05, 0) is 59.7 Å². The molecule has 0 fully saturated rings. The molecule has 0 radical (unpaired) electrons. The molecule has 11 heteroatoms. The normalized spacial score (nSPS) is 12.3. The van der Waals surface area contributed by atoms with Crippen LogP contribution in [0.1, 0.15) is 44.2 Å². The molecule has 0 spiro atoms. The molecule has 1 atom stereocenters. The lowest BCUT2D eigenvalue weighted by Gasteiger charge is -2.22. The van der Waals surface area contributed by atoms with Crippen molar-refractivity contribution in [1.29, 1.82) is 0 Å². The number of esters is 1. The number of methoxy groups -OCH3 is 2. The summed E-state index contributed by atoms with van der Waals surface area (Å²) in [6, 6.07) is 23.4. The van der Waals surface area contributed by atoms with Crippen LogP contribution in [-0.2, 0) is 24.4 Å². The molecular formula is C37H31F3N2O6. The minimum atomic E-state index is -4.57. The summed E-state index contributed by atoms with van der Waals surface area (Å²) >= 11 is 0. The fourth-order valence-corrected chi connectivity index (χ4v) is 6.13. The monoisotopic (exact) mass is 656 g/mol. The van der Waals surface area contributed by atoms with Gasteiger partial charge in [-0.1, -0.05) is 42.5 Å². The molecule has 0 aliphatic carbocycles. The standard InChI is InChI=1S/C37H31F3N2O6/c1-42-28-11-7-5-9-26(28)34(43)32(35(42)44)31(21-12-15-23(16-13-21)37(38,39)40)33-25(24-8-4-6-10-27(24)41-33)18-19-48-36(45)22-14-17-29(46-2)30(20-22)47-3/h4-17,20,31,41,43H,18-19H2,1-3H3. The average Bonchev–Trinajstić information content (AvgIpc) is 3.46. The van der Waals surface area contributed by atoms with Crippen molar-refractivity contribution in [1.82, 2.24) is 9.55 Å². The molecule has 8 nitrogen and oxygen atoms in total. The van der Waals surface area contributed by atoms with Crippen molar-refractivity contribution in [2.45, 2.75) is 18.5 Å². The van der Waals surface area contributed by atoms with Crippen molar-refractivity contribution in [2.24, 2.45) is 7.05 Å². The SMILES string of the molecule is COc1ccc(C(=O)OCCc2c(C(c3ccc(C(F)(F)F)cc3)c3c(O)c4ccccc4n(C)c3=O)[nH]c3ccccc23)cc1OC. The molecular weight excluding hydrogens is 625 g/mol. The fourth-order valence-electron chi connectivity index (χ4n) is 6.13. The van der Waals surface area contributed by atoms with Gasteiger partial charge >= 0.3 is 12.1 Å². The Morgan fingerprint density at radius 2 is 1.56 bits per heavy atom. The number of aromatic nitrogens is 2. The molecule has 0 saturated carbocycles. The van der Waals surface area contributed by atoms with E-state index >= 15 is 0 Å². The van der Waals surface area contributed by atoms with Crippen LogP contribution in [-0.4, -0.2) is 41.5 Å². The van der Waals surface area contributed by atoms with Crippen molar-refractivity contribution in [3.8, 4) is 17.2 Å². The highest BCUT2D eigenvalue weighted by Crippen LogP contribution is 2.42. The number of nitrogens with zero attached hydrogens (tertiary/aromatic N) is 1. The Kier molecular flexibility index (Phi) is 8.61. The summed E-state index contributed by atoms with van der Waals surface area (Å²) in [4.78, 5) is 30.4. The number of carbonyl (C=O) groups is 1. The second-order valence-corrected chi connectivity index (χ2v) is 11.2. The molecule has 6 rings (SSSR count). The molecule has 4 aromatic carbocycles. The van der Waals surface area contributed by atoms with E-state index in [1.54, 1.807) is 43.4 Å². The predicted octanol–water partition coefficient (Wildman–Crippen LogP) is 7.34. The van der Waals surface area contributed by atoms with Gasteiger partial charge in [-0.3, -0.25) is 4.79 Å². The fraction of sp³-hybridized carbons (Fsp3) is 0.189. The first-order valence-electron chi connectivity index (χ1n) is 15.0. The van der Waals surface area contributed by atoms with Crippen LogP contribution in [0, 0.1) is 0 Å². The molecule has 0 saturated heterocycles. The second-order valence-electron chi connectivity index (χ2n) is 11.2.